The van der Waals surface area contributed by atoms with Crippen molar-refractivity contribution in [3.63, 3.8) is 0 Å². The molecule has 1 aromatic carbocycles. The third-order valence-corrected chi connectivity index (χ3v) is 3.12. The first-order valence-corrected chi connectivity index (χ1v) is 6.73. The third-order valence-electron chi connectivity index (χ3n) is 3.12. The summed E-state index contributed by atoms with van der Waals surface area (Å²) in [6.07, 6.45) is 1.97. The summed E-state index contributed by atoms with van der Waals surface area (Å²) >= 11 is 0. The summed E-state index contributed by atoms with van der Waals surface area (Å²) in [7, 11) is 0. The van der Waals surface area contributed by atoms with Gasteiger partial charge in [0, 0.05) is 6.42 Å². The van der Waals surface area contributed by atoms with E-state index in [4.69, 9.17) is 4.74 Å². The lowest BCUT2D eigenvalue weighted by Gasteiger charge is -2.17. The molecular formula is C17H24O. The van der Waals surface area contributed by atoms with E-state index in [0.717, 1.165) is 25.2 Å². The fourth-order valence-electron chi connectivity index (χ4n) is 2.37. The van der Waals surface area contributed by atoms with E-state index in [0.29, 0.717) is 5.92 Å². The molecule has 1 atom stereocenters. The molecular weight excluding hydrogens is 220 g/mol. The van der Waals surface area contributed by atoms with Crippen LogP contribution in [0.2, 0.25) is 0 Å². The van der Waals surface area contributed by atoms with Crippen LogP contribution in [0.4, 0.5) is 0 Å². The van der Waals surface area contributed by atoms with E-state index in [1.807, 2.05) is 6.92 Å². The van der Waals surface area contributed by atoms with Crippen LogP contribution < -0.4 is 4.74 Å². The van der Waals surface area contributed by atoms with Crippen LogP contribution in [0, 0.1) is 25.7 Å². The second kappa shape index (κ2) is 7.11. The van der Waals surface area contributed by atoms with Crippen molar-refractivity contribution >= 4 is 0 Å². The standard InChI is InChI=1S/C17H24O/c1-6-8-9-13(3)17-14(4)11-16(12-15(17)5)18-10-7-2/h11-13H,7,9-10H2,1-5H3. The van der Waals surface area contributed by atoms with Crippen LogP contribution >= 0.6 is 0 Å². The van der Waals surface area contributed by atoms with Gasteiger partial charge < -0.3 is 4.74 Å². The Bertz CT molecular complexity index is 425. The average molecular weight is 244 g/mol. The highest BCUT2D eigenvalue weighted by atomic mass is 16.5. The number of hydrogen-bond acceptors (Lipinski definition) is 1. The van der Waals surface area contributed by atoms with Crippen molar-refractivity contribution in [2.24, 2.45) is 0 Å². The van der Waals surface area contributed by atoms with Crippen molar-refractivity contribution in [3.05, 3.63) is 28.8 Å². The van der Waals surface area contributed by atoms with Crippen LogP contribution in [0.25, 0.3) is 0 Å². The summed E-state index contributed by atoms with van der Waals surface area (Å²) in [5.41, 5.74) is 4.04. The molecule has 1 heteroatoms. The molecule has 0 radical (unpaired) electrons. The summed E-state index contributed by atoms with van der Waals surface area (Å²) in [6, 6.07) is 4.29. The van der Waals surface area contributed by atoms with Gasteiger partial charge in [0.1, 0.15) is 5.75 Å². The molecule has 0 heterocycles. The molecule has 18 heavy (non-hydrogen) atoms. The first-order chi connectivity index (χ1) is 8.60. The van der Waals surface area contributed by atoms with Crippen LogP contribution in [0.5, 0.6) is 5.75 Å². The van der Waals surface area contributed by atoms with Gasteiger partial charge >= 0.3 is 0 Å². The minimum absolute atomic E-state index is 0.484. The van der Waals surface area contributed by atoms with E-state index in [1.165, 1.54) is 16.7 Å². The van der Waals surface area contributed by atoms with Crippen LogP contribution in [0.1, 0.15) is 56.2 Å². The van der Waals surface area contributed by atoms with Crippen LogP contribution in [0.3, 0.4) is 0 Å². The van der Waals surface area contributed by atoms with Gasteiger partial charge in [0.15, 0.2) is 0 Å². The minimum Gasteiger partial charge on any atom is -0.494 e. The van der Waals surface area contributed by atoms with Gasteiger partial charge in [-0.2, -0.15) is 0 Å². The molecule has 0 N–H and O–H groups in total. The van der Waals surface area contributed by atoms with Crippen LogP contribution in [-0.4, -0.2) is 6.61 Å². The lowest BCUT2D eigenvalue weighted by molar-refractivity contribution is 0.317. The van der Waals surface area contributed by atoms with Crippen molar-refractivity contribution in [1.82, 2.24) is 0 Å². The predicted octanol–water partition coefficient (Wildman–Crippen LogP) is 4.61. The fourth-order valence-corrected chi connectivity index (χ4v) is 2.37. The van der Waals surface area contributed by atoms with Gasteiger partial charge in [0.05, 0.1) is 6.61 Å². The Morgan fingerprint density at radius 3 is 2.33 bits per heavy atom. The molecule has 1 aromatic rings. The Morgan fingerprint density at radius 2 is 1.83 bits per heavy atom. The number of rotatable bonds is 5. The van der Waals surface area contributed by atoms with Gasteiger partial charge in [-0.3, -0.25) is 0 Å². The average Bonchev–Trinajstić information content (AvgIpc) is 2.33. The van der Waals surface area contributed by atoms with E-state index in [-0.39, 0.29) is 0 Å². The molecule has 0 aliphatic rings. The molecule has 0 amide bonds. The summed E-state index contributed by atoms with van der Waals surface area (Å²) in [5.74, 6) is 7.61. The molecule has 98 valence electrons. The molecule has 0 aliphatic carbocycles. The molecule has 1 nitrogen and oxygen atoms in total. The smallest absolute Gasteiger partial charge is 0.119 e. The highest BCUT2D eigenvalue weighted by molar-refractivity contribution is 5.43. The number of hydrogen-bond donors (Lipinski definition) is 0. The SMILES string of the molecule is CC#CCC(C)c1c(C)cc(OCCC)cc1C. The van der Waals surface area contributed by atoms with Gasteiger partial charge in [0.25, 0.3) is 0 Å². The Kier molecular flexibility index (Phi) is 5.78. The molecule has 0 saturated heterocycles. The number of benzene rings is 1. The normalized spacial score (nSPS) is 11.6. The lowest BCUT2D eigenvalue weighted by atomic mass is 9.90. The fraction of sp³-hybridized carbons (Fsp3) is 0.529. The second-order valence-corrected chi connectivity index (χ2v) is 4.85. The number of aryl methyl sites for hydroxylation is 2. The molecule has 0 aliphatic heterocycles. The zero-order valence-electron chi connectivity index (χ0n) is 12.3. The Labute approximate surface area is 112 Å². The van der Waals surface area contributed by atoms with Crippen molar-refractivity contribution < 1.29 is 4.74 Å². The van der Waals surface area contributed by atoms with Gasteiger partial charge in [-0.25, -0.2) is 0 Å². The zero-order chi connectivity index (χ0) is 13.5. The Hall–Kier alpha value is -1.42. The molecule has 0 bridgehead atoms. The van der Waals surface area contributed by atoms with E-state index in [1.54, 1.807) is 0 Å². The molecule has 0 spiro atoms. The highest BCUT2D eigenvalue weighted by Crippen LogP contribution is 2.29. The molecule has 1 unspecified atom stereocenters. The molecule has 0 aromatic heterocycles. The van der Waals surface area contributed by atoms with Gasteiger partial charge in [-0.1, -0.05) is 13.8 Å². The van der Waals surface area contributed by atoms with Crippen molar-refractivity contribution in [2.75, 3.05) is 6.61 Å². The van der Waals surface area contributed by atoms with E-state index in [9.17, 15) is 0 Å². The van der Waals surface area contributed by atoms with E-state index >= 15 is 0 Å². The highest BCUT2D eigenvalue weighted by Gasteiger charge is 2.12. The second-order valence-electron chi connectivity index (χ2n) is 4.85. The van der Waals surface area contributed by atoms with Crippen molar-refractivity contribution in [2.45, 2.75) is 53.4 Å². The van der Waals surface area contributed by atoms with E-state index in [2.05, 4.69) is 51.7 Å². The summed E-state index contributed by atoms with van der Waals surface area (Å²) in [5, 5.41) is 0. The maximum absolute atomic E-state index is 5.70. The maximum atomic E-state index is 5.70. The molecule has 0 fully saturated rings. The monoisotopic (exact) mass is 244 g/mol. The topological polar surface area (TPSA) is 9.23 Å². The largest absolute Gasteiger partial charge is 0.494 e. The van der Waals surface area contributed by atoms with Gasteiger partial charge in [-0.15, -0.1) is 11.8 Å². The van der Waals surface area contributed by atoms with Crippen LogP contribution in [-0.2, 0) is 0 Å². The summed E-state index contributed by atoms with van der Waals surface area (Å²) in [4.78, 5) is 0. The quantitative estimate of drug-likeness (QED) is 0.687. The van der Waals surface area contributed by atoms with Crippen LogP contribution in [0.15, 0.2) is 12.1 Å². The Morgan fingerprint density at radius 1 is 1.22 bits per heavy atom. The van der Waals surface area contributed by atoms with E-state index < -0.39 is 0 Å². The van der Waals surface area contributed by atoms with Crippen molar-refractivity contribution in [1.29, 1.82) is 0 Å². The zero-order valence-corrected chi connectivity index (χ0v) is 12.3. The minimum atomic E-state index is 0.484. The predicted molar refractivity (Wildman–Crippen MR) is 78.2 cm³/mol. The summed E-state index contributed by atoms with van der Waals surface area (Å²) < 4.78 is 5.70. The Balaban J connectivity index is 2.95. The molecule has 1 rings (SSSR count). The number of ether oxygens (including phenoxy) is 1. The maximum Gasteiger partial charge on any atom is 0.119 e. The first-order valence-electron chi connectivity index (χ1n) is 6.73. The van der Waals surface area contributed by atoms with Gasteiger partial charge in [-0.05, 0) is 61.9 Å². The summed E-state index contributed by atoms with van der Waals surface area (Å²) in [6.45, 7) is 11.4. The molecule has 0 saturated carbocycles. The lowest BCUT2D eigenvalue weighted by Crippen LogP contribution is -2.02. The first kappa shape index (κ1) is 14.6. The third kappa shape index (κ3) is 3.81. The van der Waals surface area contributed by atoms with Gasteiger partial charge in [0.2, 0.25) is 0 Å². The van der Waals surface area contributed by atoms with Crippen molar-refractivity contribution in [3.8, 4) is 17.6 Å².